The summed E-state index contributed by atoms with van der Waals surface area (Å²) in [6, 6.07) is 16.4. The third-order valence-electron chi connectivity index (χ3n) is 3.25. The van der Waals surface area contributed by atoms with E-state index < -0.39 is 16.1 Å². The van der Waals surface area contributed by atoms with Gasteiger partial charge in [-0.15, -0.1) is 0 Å². The summed E-state index contributed by atoms with van der Waals surface area (Å²) in [5.41, 5.74) is 1.55. The maximum atomic E-state index is 12.1. The molecule has 4 nitrogen and oxygen atoms in total. The fourth-order valence-electron chi connectivity index (χ4n) is 2.03. The van der Waals surface area contributed by atoms with E-state index in [4.69, 9.17) is 16.3 Å². The monoisotopic (exact) mass is 351 g/mol. The predicted molar refractivity (Wildman–Crippen MR) is 93.6 cm³/mol. The van der Waals surface area contributed by atoms with Crippen LogP contribution in [0.1, 0.15) is 17.2 Å². The van der Waals surface area contributed by atoms with Crippen molar-refractivity contribution in [3.8, 4) is 0 Å². The first-order chi connectivity index (χ1) is 11.0. The average molecular weight is 352 g/mol. The van der Waals surface area contributed by atoms with Gasteiger partial charge in [0.1, 0.15) is 0 Å². The van der Waals surface area contributed by atoms with Crippen LogP contribution in [0, 0.1) is 0 Å². The zero-order chi connectivity index (χ0) is 16.7. The molecule has 0 aromatic heterocycles. The minimum absolute atomic E-state index is 0.0989. The first-order valence-corrected chi connectivity index (χ1v) is 8.94. The molecule has 0 saturated carbocycles. The normalized spacial score (nSPS) is 13.3. The SMILES string of the molecule is COC(CNS(=O)(=O)/C=C/c1ccccc1)c1ccccc1Cl. The highest BCUT2D eigenvalue weighted by molar-refractivity contribution is 7.92. The van der Waals surface area contributed by atoms with E-state index in [9.17, 15) is 8.42 Å². The van der Waals surface area contributed by atoms with Gasteiger partial charge in [-0.1, -0.05) is 60.1 Å². The molecule has 23 heavy (non-hydrogen) atoms. The zero-order valence-corrected chi connectivity index (χ0v) is 14.2. The van der Waals surface area contributed by atoms with Crippen LogP contribution in [-0.4, -0.2) is 22.1 Å². The molecule has 0 fully saturated rings. The van der Waals surface area contributed by atoms with Gasteiger partial charge < -0.3 is 4.74 Å². The largest absolute Gasteiger partial charge is 0.375 e. The molecule has 0 heterocycles. The van der Waals surface area contributed by atoms with Gasteiger partial charge in [-0.3, -0.25) is 0 Å². The van der Waals surface area contributed by atoms with Crippen LogP contribution in [0.2, 0.25) is 5.02 Å². The second kappa shape index (κ2) is 8.26. The first-order valence-electron chi connectivity index (χ1n) is 7.02. The van der Waals surface area contributed by atoms with Crippen LogP contribution in [0.3, 0.4) is 0 Å². The van der Waals surface area contributed by atoms with Crippen molar-refractivity contribution < 1.29 is 13.2 Å². The fourth-order valence-corrected chi connectivity index (χ4v) is 3.10. The molecule has 0 aliphatic rings. The van der Waals surface area contributed by atoms with Crippen molar-refractivity contribution in [1.82, 2.24) is 4.72 Å². The van der Waals surface area contributed by atoms with Gasteiger partial charge >= 0.3 is 0 Å². The van der Waals surface area contributed by atoms with E-state index in [2.05, 4.69) is 4.72 Å². The Morgan fingerprint density at radius 2 is 1.78 bits per heavy atom. The van der Waals surface area contributed by atoms with Crippen LogP contribution < -0.4 is 4.72 Å². The summed E-state index contributed by atoms with van der Waals surface area (Å²) in [6.45, 7) is 0.0989. The number of hydrogen-bond acceptors (Lipinski definition) is 3. The van der Waals surface area contributed by atoms with Crippen molar-refractivity contribution >= 4 is 27.7 Å². The van der Waals surface area contributed by atoms with E-state index in [1.807, 2.05) is 48.5 Å². The summed E-state index contributed by atoms with van der Waals surface area (Å²) in [6.07, 6.45) is 1.09. The summed E-state index contributed by atoms with van der Waals surface area (Å²) in [5, 5.41) is 1.68. The Bertz CT molecular complexity index is 760. The van der Waals surface area contributed by atoms with Crippen LogP contribution in [0.25, 0.3) is 6.08 Å². The quantitative estimate of drug-likeness (QED) is 0.828. The highest BCUT2D eigenvalue weighted by atomic mass is 35.5. The smallest absolute Gasteiger partial charge is 0.233 e. The van der Waals surface area contributed by atoms with E-state index >= 15 is 0 Å². The van der Waals surface area contributed by atoms with Gasteiger partial charge in [-0.2, -0.15) is 0 Å². The van der Waals surface area contributed by atoms with Crippen molar-refractivity contribution in [1.29, 1.82) is 0 Å². The van der Waals surface area contributed by atoms with Crippen LogP contribution >= 0.6 is 11.6 Å². The number of ether oxygens (including phenoxy) is 1. The third kappa shape index (κ3) is 5.48. The minimum Gasteiger partial charge on any atom is -0.375 e. The van der Waals surface area contributed by atoms with Crippen molar-refractivity contribution in [2.24, 2.45) is 0 Å². The summed E-state index contributed by atoms with van der Waals surface area (Å²) in [7, 11) is -2.04. The molecular formula is C17H18ClNO3S. The van der Waals surface area contributed by atoms with Crippen molar-refractivity contribution in [3.05, 3.63) is 76.2 Å². The second-order valence-corrected chi connectivity index (χ2v) is 6.91. The lowest BCUT2D eigenvalue weighted by Gasteiger charge is -2.17. The Balaban J connectivity index is 2.03. The van der Waals surface area contributed by atoms with E-state index in [-0.39, 0.29) is 6.54 Å². The number of halogens is 1. The molecule has 0 spiro atoms. The Morgan fingerprint density at radius 1 is 1.13 bits per heavy atom. The summed E-state index contributed by atoms with van der Waals surface area (Å²) in [5.74, 6) is 0. The molecule has 0 saturated heterocycles. The topological polar surface area (TPSA) is 55.4 Å². The lowest BCUT2D eigenvalue weighted by atomic mass is 10.1. The lowest BCUT2D eigenvalue weighted by molar-refractivity contribution is 0.107. The zero-order valence-electron chi connectivity index (χ0n) is 12.6. The van der Waals surface area contributed by atoms with Crippen LogP contribution in [0.4, 0.5) is 0 Å². The molecule has 122 valence electrons. The molecule has 0 bridgehead atoms. The summed E-state index contributed by atoms with van der Waals surface area (Å²) in [4.78, 5) is 0. The van der Waals surface area contributed by atoms with E-state index in [1.54, 1.807) is 12.1 Å². The molecule has 2 rings (SSSR count). The standard InChI is InChI=1S/C17H18ClNO3S/c1-22-17(15-9-5-6-10-16(15)18)13-19-23(20,21)12-11-14-7-3-2-4-8-14/h2-12,17,19H,13H2,1H3/b12-11+. The molecule has 6 heteroatoms. The molecule has 2 aromatic rings. The van der Waals surface area contributed by atoms with Gasteiger partial charge in [-0.05, 0) is 17.7 Å². The summed E-state index contributed by atoms with van der Waals surface area (Å²) < 4.78 is 32.0. The molecule has 0 radical (unpaired) electrons. The lowest BCUT2D eigenvalue weighted by Crippen LogP contribution is -2.27. The number of methoxy groups -OCH3 is 1. The highest BCUT2D eigenvalue weighted by Gasteiger charge is 2.16. The average Bonchev–Trinajstić information content (AvgIpc) is 2.56. The third-order valence-corrected chi connectivity index (χ3v) is 4.65. The Hall–Kier alpha value is -1.66. The van der Waals surface area contributed by atoms with Gasteiger partial charge in [0.05, 0.1) is 6.10 Å². The Morgan fingerprint density at radius 3 is 2.43 bits per heavy atom. The number of benzene rings is 2. The summed E-state index contributed by atoms with van der Waals surface area (Å²) >= 11 is 6.12. The number of rotatable bonds is 7. The molecular weight excluding hydrogens is 334 g/mol. The van der Waals surface area contributed by atoms with Crippen molar-refractivity contribution in [2.45, 2.75) is 6.10 Å². The van der Waals surface area contributed by atoms with E-state index in [0.29, 0.717) is 5.02 Å². The molecule has 0 amide bonds. The Kier molecular flexibility index (Phi) is 6.36. The van der Waals surface area contributed by atoms with Gasteiger partial charge in [0.15, 0.2) is 0 Å². The molecule has 1 unspecified atom stereocenters. The Labute approximate surface area is 141 Å². The van der Waals surface area contributed by atoms with Crippen LogP contribution in [0.15, 0.2) is 60.0 Å². The molecule has 0 aliphatic carbocycles. The number of sulfonamides is 1. The molecule has 0 aliphatic heterocycles. The maximum Gasteiger partial charge on any atom is 0.233 e. The predicted octanol–water partition coefficient (Wildman–Crippen LogP) is 3.62. The number of hydrogen-bond donors (Lipinski definition) is 1. The van der Waals surface area contributed by atoms with E-state index in [0.717, 1.165) is 16.5 Å². The van der Waals surface area contributed by atoms with Gasteiger partial charge in [-0.25, -0.2) is 13.1 Å². The molecule has 2 aromatic carbocycles. The van der Waals surface area contributed by atoms with E-state index in [1.165, 1.54) is 7.11 Å². The second-order valence-electron chi connectivity index (χ2n) is 4.85. The fraction of sp³-hybridized carbons (Fsp3) is 0.176. The first kappa shape index (κ1) is 17.7. The van der Waals surface area contributed by atoms with Gasteiger partial charge in [0, 0.05) is 29.6 Å². The van der Waals surface area contributed by atoms with Crippen molar-refractivity contribution in [2.75, 3.05) is 13.7 Å². The number of nitrogens with one attached hydrogen (secondary N) is 1. The maximum absolute atomic E-state index is 12.1. The van der Waals surface area contributed by atoms with Crippen molar-refractivity contribution in [3.63, 3.8) is 0 Å². The van der Waals surface area contributed by atoms with Crippen LogP contribution in [0.5, 0.6) is 0 Å². The molecule has 1 atom stereocenters. The van der Waals surface area contributed by atoms with Crippen LogP contribution in [-0.2, 0) is 14.8 Å². The van der Waals surface area contributed by atoms with Gasteiger partial charge in [0.2, 0.25) is 10.0 Å². The highest BCUT2D eigenvalue weighted by Crippen LogP contribution is 2.24. The van der Waals surface area contributed by atoms with Gasteiger partial charge in [0.25, 0.3) is 0 Å². The minimum atomic E-state index is -3.56. The molecule has 1 N–H and O–H groups in total.